The smallest absolute Gasteiger partial charge is 0.0528 e. The van der Waals surface area contributed by atoms with Crippen LogP contribution in [-0.4, -0.2) is 34.6 Å². The predicted octanol–water partition coefficient (Wildman–Crippen LogP) is 4.39. The van der Waals surface area contributed by atoms with Crippen molar-refractivity contribution in [3.8, 4) is 0 Å². The molecule has 2 aromatic heterocycles. The van der Waals surface area contributed by atoms with Crippen molar-refractivity contribution in [1.82, 2.24) is 14.5 Å². The van der Waals surface area contributed by atoms with Gasteiger partial charge in [0.15, 0.2) is 0 Å². The van der Waals surface area contributed by atoms with Gasteiger partial charge in [-0.15, -0.1) is 0 Å². The fourth-order valence-corrected chi connectivity index (χ4v) is 3.82. The number of hydrogen-bond donors (Lipinski definition) is 0. The van der Waals surface area contributed by atoms with Gasteiger partial charge in [0.25, 0.3) is 0 Å². The Balaban J connectivity index is 1.91. The molecule has 0 spiro atoms. The molecule has 25 heavy (non-hydrogen) atoms. The van der Waals surface area contributed by atoms with Crippen LogP contribution in [0.5, 0.6) is 0 Å². The lowest BCUT2D eigenvalue weighted by molar-refractivity contribution is 0.351. The van der Waals surface area contributed by atoms with E-state index in [-0.39, 0.29) is 0 Å². The molecule has 0 saturated carbocycles. The Morgan fingerprint density at radius 1 is 1.16 bits per heavy atom. The van der Waals surface area contributed by atoms with E-state index in [0.717, 1.165) is 25.9 Å². The predicted molar refractivity (Wildman–Crippen MR) is 106 cm³/mol. The molecule has 0 bridgehead atoms. The van der Waals surface area contributed by atoms with E-state index >= 15 is 0 Å². The summed E-state index contributed by atoms with van der Waals surface area (Å²) in [5.41, 5.74) is 8.06. The topological polar surface area (TPSA) is 21.1 Å². The van der Waals surface area contributed by atoms with Crippen LogP contribution in [0.25, 0.3) is 22.7 Å². The zero-order valence-corrected chi connectivity index (χ0v) is 15.3. The van der Waals surface area contributed by atoms with Gasteiger partial charge < -0.3 is 9.47 Å². The highest BCUT2D eigenvalue weighted by Crippen LogP contribution is 2.31. The van der Waals surface area contributed by atoms with Crippen molar-refractivity contribution in [3.63, 3.8) is 0 Å². The van der Waals surface area contributed by atoms with Gasteiger partial charge in [-0.1, -0.05) is 17.7 Å². The van der Waals surface area contributed by atoms with Crippen LogP contribution in [0.15, 0.2) is 42.7 Å². The Morgan fingerprint density at radius 2 is 2.00 bits per heavy atom. The summed E-state index contributed by atoms with van der Waals surface area (Å²) in [6.45, 7) is 6.60. The number of pyridine rings is 1. The third kappa shape index (κ3) is 3.00. The molecule has 0 N–H and O–H groups in total. The summed E-state index contributed by atoms with van der Waals surface area (Å²) in [4.78, 5) is 6.70. The molecular formula is C22H25N3. The second-order valence-electron chi connectivity index (χ2n) is 7.17. The van der Waals surface area contributed by atoms with E-state index in [1.807, 2.05) is 18.5 Å². The number of nitrogens with zero attached hydrogens (tertiary/aromatic N) is 3. The van der Waals surface area contributed by atoms with Crippen LogP contribution in [0.1, 0.15) is 29.3 Å². The summed E-state index contributed by atoms with van der Waals surface area (Å²) in [7, 11) is 2.22. The fourth-order valence-electron chi connectivity index (χ4n) is 3.82. The van der Waals surface area contributed by atoms with Gasteiger partial charge >= 0.3 is 0 Å². The zero-order chi connectivity index (χ0) is 17.4. The van der Waals surface area contributed by atoms with E-state index in [2.05, 4.69) is 65.8 Å². The number of hydrogen-bond acceptors (Lipinski definition) is 2. The van der Waals surface area contributed by atoms with Crippen LogP contribution in [-0.2, 0) is 12.8 Å². The SMILES string of the molecule is C/C(=C/n1c2c(c3cc(C)ccc31)CCN(C)CC2)c1cccnc1. The molecule has 3 heterocycles. The second-order valence-corrected chi connectivity index (χ2v) is 7.17. The lowest BCUT2D eigenvalue weighted by Gasteiger charge is -2.13. The van der Waals surface area contributed by atoms with Crippen LogP contribution in [0.2, 0.25) is 0 Å². The van der Waals surface area contributed by atoms with Gasteiger partial charge in [0.1, 0.15) is 0 Å². The monoisotopic (exact) mass is 331 g/mol. The number of rotatable bonds is 2. The fraction of sp³-hybridized carbons (Fsp3) is 0.318. The molecule has 1 aromatic carbocycles. The molecule has 3 nitrogen and oxygen atoms in total. The van der Waals surface area contributed by atoms with Gasteiger partial charge in [0.05, 0.1) is 5.52 Å². The first-order valence-electron chi connectivity index (χ1n) is 9.03. The number of likely N-dealkylation sites (N-methyl/N-ethyl adjacent to an activating group) is 1. The molecule has 0 amide bonds. The van der Waals surface area contributed by atoms with E-state index in [1.54, 1.807) is 0 Å². The standard InChI is InChI=1S/C22H25N3/c1-16-6-7-21-20(13-16)19-8-11-24(3)12-9-22(19)25(21)15-17(2)18-5-4-10-23-14-18/h4-7,10,13-15H,8-9,11-12H2,1-3H3/b17-15-. The number of aromatic nitrogens is 2. The Morgan fingerprint density at radius 3 is 2.80 bits per heavy atom. The maximum Gasteiger partial charge on any atom is 0.0528 e. The summed E-state index contributed by atoms with van der Waals surface area (Å²) in [5, 5.41) is 1.42. The van der Waals surface area contributed by atoms with Crippen molar-refractivity contribution in [2.24, 2.45) is 0 Å². The lowest BCUT2D eigenvalue weighted by atomic mass is 10.1. The largest absolute Gasteiger partial charge is 0.320 e. The van der Waals surface area contributed by atoms with Crippen molar-refractivity contribution in [1.29, 1.82) is 0 Å². The normalized spacial score (nSPS) is 16.0. The third-order valence-corrected chi connectivity index (χ3v) is 5.29. The molecule has 4 rings (SSSR count). The van der Waals surface area contributed by atoms with Crippen LogP contribution in [0, 0.1) is 6.92 Å². The molecule has 0 fully saturated rings. The van der Waals surface area contributed by atoms with Gasteiger partial charge in [0, 0.05) is 49.2 Å². The van der Waals surface area contributed by atoms with Crippen molar-refractivity contribution in [3.05, 3.63) is 65.1 Å². The summed E-state index contributed by atoms with van der Waals surface area (Å²) in [5.74, 6) is 0. The summed E-state index contributed by atoms with van der Waals surface area (Å²) in [6.07, 6.45) is 8.27. The van der Waals surface area contributed by atoms with E-state index in [0.29, 0.717) is 0 Å². The van der Waals surface area contributed by atoms with Crippen LogP contribution < -0.4 is 0 Å². The average molecular weight is 331 g/mol. The summed E-state index contributed by atoms with van der Waals surface area (Å²) >= 11 is 0. The molecule has 3 heteroatoms. The van der Waals surface area contributed by atoms with E-state index in [4.69, 9.17) is 0 Å². The van der Waals surface area contributed by atoms with Crippen molar-refractivity contribution in [2.45, 2.75) is 26.7 Å². The van der Waals surface area contributed by atoms with E-state index in [1.165, 1.54) is 38.9 Å². The van der Waals surface area contributed by atoms with Crippen molar-refractivity contribution >= 4 is 22.7 Å². The highest BCUT2D eigenvalue weighted by molar-refractivity contribution is 5.90. The molecule has 3 aromatic rings. The van der Waals surface area contributed by atoms with Gasteiger partial charge in [-0.05, 0) is 62.2 Å². The Kier molecular flexibility index (Phi) is 4.18. The summed E-state index contributed by atoms with van der Waals surface area (Å²) < 4.78 is 2.42. The zero-order valence-electron chi connectivity index (χ0n) is 15.3. The quantitative estimate of drug-likeness (QED) is 0.694. The first-order chi connectivity index (χ1) is 12.1. The average Bonchev–Trinajstić information content (AvgIpc) is 2.76. The molecule has 128 valence electrons. The van der Waals surface area contributed by atoms with Gasteiger partial charge in [-0.25, -0.2) is 0 Å². The van der Waals surface area contributed by atoms with Crippen molar-refractivity contribution in [2.75, 3.05) is 20.1 Å². The van der Waals surface area contributed by atoms with E-state index < -0.39 is 0 Å². The molecule has 0 aliphatic carbocycles. The molecule has 0 saturated heterocycles. The van der Waals surface area contributed by atoms with E-state index in [9.17, 15) is 0 Å². The maximum absolute atomic E-state index is 4.26. The first-order valence-corrected chi connectivity index (χ1v) is 9.03. The molecule has 0 radical (unpaired) electrons. The minimum absolute atomic E-state index is 1.09. The molecular weight excluding hydrogens is 306 g/mol. The summed E-state index contributed by atoms with van der Waals surface area (Å²) in [6, 6.07) is 11.0. The Labute approximate surface area is 149 Å². The Bertz CT molecular complexity index is 935. The minimum atomic E-state index is 1.09. The number of aryl methyl sites for hydroxylation is 1. The van der Waals surface area contributed by atoms with Crippen molar-refractivity contribution < 1.29 is 0 Å². The van der Waals surface area contributed by atoms with Gasteiger partial charge in [-0.3, -0.25) is 4.98 Å². The molecule has 1 aliphatic rings. The first kappa shape index (κ1) is 16.1. The van der Waals surface area contributed by atoms with Crippen LogP contribution in [0.4, 0.5) is 0 Å². The molecule has 0 atom stereocenters. The van der Waals surface area contributed by atoms with Gasteiger partial charge in [-0.2, -0.15) is 0 Å². The highest BCUT2D eigenvalue weighted by atomic mass is 15.1. The Hall–Kier alpha value is -2.39. The lowest BCUT2D eigenvalue weighted by Crippen LogP contribution is -2.21. The number of benzene rings is 1. The van der Waals surface area contributed by atoms with Gasteiger partial charge in [0.2, 0.25) is 0 Å². The second kappa shape index (κ2) is 6.49. The number of fused-ring (bicyclic) bond motifs is 3. The van der Waals surface area contributed by atoms with Crippen LogP contribution in [0.3, 0.4) is 0 Å². The molecule has 1 aliphatic heterocycles. The number of allylic oxidation sites excluding steroid dienone is 1. The minimum Gasteiger partial charge on any atom is -0.320 e. The van der Waals surface area contributed by atoms with Crippen LogP contribution >= 0.6 is 0 Å². The third-order valence-electron chi connectivity index (χ3n) is 5.29. The highest BCUT2D eigenvalue weighted by Gasteiger charge is 2.20. The maximum atomic E-state index is 4.26. The molecule has 0 unspecified atom stereocenters.